The van der Waals surface area contributed by atoms with Gasteiger partial charge in [0.15, 0.2) is 0 Å². The SMILES string of the molecule is O=C(CCn1cnccc1=O)N1CCc2cc(F)ccc21. The van der Waals surface area contributed by atoms with E-state index in [4.69, 9.17) is 0 Å². The lowest BCUT2D eigenvalue weighted by molar-refractivity contribution is -0.118. The summed E-state index contributed by atoms with van der Waals surface area (Å²) >= 11 is 0. The van der Waals surface area contributed by atoms with E-state index in [0.717, 1.165) is 11.3 Å². The fraction of sp³-hybridized carbons (Fsp3) is 0.267. The Balaban J connectivity index is 1.71. The van der Waals surface area contributed by atoms with Gasteiger partial charge in [0.25, 0.3) is 5.56 Å². The Morgan fingerprint density at radius 3 is 3.00 bits per heavy atom. The molecule has 0 saturated carbocycles. The summed E-state index contributed by atoms with van der Waals surface area (Å²) in [5, 5.41) is 0. The van der Waals surface area contributed by atoms with Gasteiger partial charge in [-0.05, 0) is 30.2 Å². The van der Waals surface area contributed by atoms with Gasteiger partial charge in [0.1, 0.15) is 5.82 Å². The van der Waals surface area contributed by atoms with Gasteiger partial charge >= 0.3 is 0 Å². The molecular weight excluding hydrogens is 273 g/mol. The summed E-state index contributed by atoms with van der Waals surface area (Å²) in [7, 11) is 0. The fourth-order valence-electron chi connectivity index (χ4n) is 2.53. The number of hydrogen-bond acceptors (Lipinski definition) is 3. The highest BCUT2D eigenvalue weighted by atomic mass is 19.1. The molecule has 2 aromatic rings. The Bertz CT molecular complexity index is 742. The van der Waals surface area contributed by atoms with Crippen molar-refractivity contribution in [3.8, 4) is 0 Å². The second-order valence-corrected chi connectivity index (χ2v) is 4.93. The summed E-state index contributed by atoms with van der Waals surface area (Å²) in [5.41, 5.74) is 1.43. The third kappa shape index (κ3) is 2.69. The average molecular weight is 287 g/mol. The van der Waals surface area contributed by atoms with E-state index in [1.807, 2.05) is 0 Å². The maximum atomic E-state index is 13.2. The number of aryl methyl sites for hydroxylation is 1. The van der Waals surface area contributed by atoms with Gasteiger partial charge < -0.3 is 4.90 Å². The van der Waals surface area contributed by atoms with E-state index in [1.54, 1.807) is 11.0 Å². The average Bonchev–Trinajstić information content (AvgIpc) is 2.89. The van der Waals surface area contributed by atoms with Crippen LogP contribution in [0, 0.1) is 5.82 Å². The monoisotopic (exact) mass is 287 g/mol. The molecule has 0 unspecified atom stereocenters. The first-order valence-electron chi connectivity index (χ1n) is 6.74. The predicted octanol–water partition coefficient (Wildman–Crippen LogP) is 1.36. The van der Waals surface area contributed by atoms with Crippen molar-refractivity contribution in [2.45, 2.75) is 19.4 Å². The number of halogens is 1. The van der Waals surface area contributed by atoms with Crippen LogP contribution in [0.4, 0.5) is 10.1 Å². The van der Waals surface area contributed by atoms with Crippen molar-refractivity contribution in [3.63, 3.8) is 0 Å². The van der Waals surface area contributed by atoms with Crippen molar-refractivity contribution in [1.82, 2.24) is 9.55 Å². The van der Waals surface area contributed by atoms with Crippen molar-refractivity contribution < 1.29 is 9.18 Å². The molecule has 1 amide bonds. The van der Waals surface area contributed by atoms with Crippen LogP contribution in [0.3, 0.4) is 0 Å². The van der Waals surface area contributed by atoms with Gasteiger partial charge in [-0.25, -0.2) is 9.37 Å². The van der Waals surface area contributed by atoms with Gasteiger partial charge in [0, 0.05) is 37.5 Å². The number of rotatable bonds is 3. The van der Waals surface area contributed by atoms with Crippen molar-refractivity contribution in [2.24, 2.45) is 0 Å². The minimum atomic E-state index is -0.287. The van der Waals surface area contributed by atoms with E-state index in [0.29, 0.717) is 19.5 Å². The van der Waals surface area contributed by atoms with Gasteiger partial charge in [-0.1, -0.05) is 0 Å². The summed E-state index contributed by atoms with van der Waals surface area (Å²) in [4.78, 5) is 29.3. The molecule has 0 spiro atoms. The predicted molar refractivity (Wildman–Crippen MR) is 75.6 cm³/mol. The van der Waals surface area contributed by atoms with Gasteiger partial charge in [0.2, 0.25) is 5.91 Å². The highest BCUT2D eigenvalue weighted by Crippen LogP contribution is 2.28. The molecule has 3 rings (SSSR count). The molecular formula is C15H14FN3O2. The molecule has 2 heterocycles. The van der Waals surface area contributed by atoms with Crippen LogP contribution < -0.4 is 10.5 Å². The molecule has 0 aliphatic carbocycles. The lowest BCUT2D eigenvalue weighted by Gasteiger charge is -2.17. The summed E-state index contributed by atoms with van der Waals surface area (Å²) in [6.45, 7) is 0.845. The smallest absolute Gasteiger partial charge is 0.253 e. The highest BCUT2D eigenvalue weighted by Gasteiger charge is 2.24. The molecule has 0 N–H and O–H groups in total. The van der Waals surface area contributed by atoms with Crippen LogP contribution in [0.1, 0.15) is 12.0 Å². The van der Waals surface area contributed by atoms with Gasteiger partial charge in [0.05, 0.1) is 6.33 Å². The van der Waals surface area contributed by atoms with E-state index < -0.39 is 0 Å². The number of carbonyl (C=O) groups excluding carboxylic acids is 1. The zero-order valence-electron chi connectivity index (χ0n) is 11.3. The van der Waals surface area contributed by atoms with Crippen molar-refractivity contribution in [1.29, 1.82) is 0 Å². The summed E-state index contributed by atoms with van der Waals surface area (Å²) in [6.07, 6.45) is 3.71. The van der Waals surface area contributed by atoms with E-state index >= 15 is 0 Å². The van der Waals surface area contributed by atoms with E-state index in [9.17, 15) is 14.0 Å². The minimum absolute atomic E-state index is 0.0730. The van der Waals surface area contributed by atoms with Crippen LogP contribution in [0.15, 0.2) is 41.6 Å². The van der Waals surface area contributed by atoms with Gasteiger partial charge in [-0.15, -0.1) is 0 Å². The van der Waals surface area contributed by atoms with Crippen molar-refractivity contribution in [3.05, 3.63) is 58.5 Å². The normalized spacial score (nSPS) is 13.3. The Kier molecular flexibility index (Phi) is 3.51. The number of amides is 1. The third-order valence-corrected chi connectivity index (χ3v) is 3.60. The first kappa shape index (κ1) is 13.5. The molecule has 0 atom stereocenters. The largest absolute Gasteiger partial charge is 0.312 e. The van der Waals surface area contributed by atoms with E-state index in [1.165, 1.54) is 35.3 Å². The van der Waals surface area contributed by atoms with Crippen LogP contribution in [0.2, 0.25) is 0 Å². The van der Waals surface area contributed by atoms with Crippen molar-refractivity contribution in [2.75, 3.05) is 11.4 Å². The summed E-state index contributed by atoms with van der Waals surface area (Å²) in [5.74, 6) is -0.360. The molecule has 5 nitrogen and oxygen atoms in total. The Morgan fingerprint density at radius 1 is 1.33 bits per heavy atom. The third-order valence-electron chi connectivity index (χ3n) is 3.60. The molecule has 0 saturated heterocycles. The maximum Gasteiger partial charge on any atom is 0.253 e. The second-order valence-electron chi connectivity index (χ2n) is 4.93. The van der Waals surface area contributed by atoms with Crippen LogP contribution in [0.5, 0.6) is 0 Å². The van der Waals surface area contributed by atoms with Gasteiger partial charge in [-0.2, -0.15) is 0 Å². The number of hydrogen-bond donors (Lipinski definition) is 0. The first-order chi connectivity index (χ1) is 10.1. The van der Waals surface area contributed by atoms with Gasteiger partial charge in [-0.3, -0.25) is 14.2 Å². The Hall–Kier alpha value is -2.50. The molecule has 0 radical (unpaired) electrons. The topological polar surface area (TPSA) is 55.2 Å². The molecule has 0 fully saturated rings. The molecule has 1 aromatic heterocycles. The summed E-state index contributed by atoms with van der Waals surface area (Å²) in [6, 6.07) is 5.81. The maximum absolute atomic E-state index is 13.2. The van der Waals surface area contributed by atoms with Crippen LogP contribution in [0.25, 0.3) is 0 Å². The Morgan fingerprint density at radius 2 is 2.19 bits per heavy atom. The lowest BCUT2D eigenvalue weighted by atomic mass is 10.1. The number of benzene rings is 1. The van der Waals surface area contributed by atoms with Crippen molar-refractivity contribution >= 4 is 11.6 Å². The van der Waals surface area contributed by atoms with Crippen LogP contribution >= 0.6 is 0 Å². The second kappa shape index (κ2) is 5.47. The number of nitrogens with zero attached hydrogens (tertiary/aromatic N) is 3. The fourth-order valence-corrected chi connectivity index (χ4v) is 2.53. The zero-order chi connectivity index (χ0) is 14.8. The molecule has 1 aromatic carbocycles. The van der Waals surface area contributed by atoms with E-state index in [2.05, 4.69) is 4.98 Å². The van der Waals surface area contributed by atoms with E-state index in [-0.39, 0.29) is 23.7 Å². The first-order valence-corrected chi connectivity index (χ1v) is 6.74. The molecule has 108 valence electrons. The number of anilines is 1. The molecule has 6 heteroatoms. The lowest BCUT2D eigenvalue weighted by Crippen LogP contribution is -2.31. The quantitative estimate of drug-likeness (QED) is 0.856. The highest BCUT2D eigenvalue weighted by molar-refractivity contribution is 5.95. The molecule has 1 aliphatic heterocycles. The number of fused-ring (bicyclic) bond motifs is 1. The Labute approximate surface area is 120 Å². The minimum Gasteiger partial charge on any atom is -0.312 e. The molecule has 0 bridgehead atoms. The zero-order valence-corrected chi connectivity index (χ0v) is 11.3. The number of carbonyl (C=O) groups is 1. The standard InChI is InChI=1S/C15H14FN3O2/c16-12-1-2-13-11(9-12)4-8-19(13)15(21)5-7-18-10-17-6-3-14(18)20/h1-3,6,9-10H,4-5,7-8H2. The van der Waals surface area contributed by atoms with Crippen LogP contribution in [-0.4, -0.2) is 22.0 Å². The summed E-state index contributed by atoms with van der Waals surface area (Å²) < 4.78 is 14.6. The molecule has 1 aliphatic rings. The number of aromatic nitrogens is 2. The van der Waals surface area contributed by atoms with Crippen LogP contribution in [-0.2, 0) is 17.8 Å². The molecule has 21 heavy (non-hydrogen) atoms.